The number of hydrogen-bond acceptors (Lipinski definition) is 8. The first-order valence-corrected chi connectivity index (χ1v) is 6.34. The van der Waals surface area contributed by atoms with Crippen molar-refractivity contribution in [2.24, 2.45) is 5.92 Å². The highest BCUT2D eigenvalue weighted by Crippen LogP contribution is 2.34. The van der Waals surface area contributed by atoms with Crippen molar-refractivity contribution < 1.29 is 20.1 Å². The van der Waals surface area contributed by atoms with Crippen LogP contribution in [0.4, 0.5) is 5.95 Å². The molecular weight excluding hydrogens is 282 g/mol. The molecule has 0 radical (unpaired) electrons. The van der Waals surface area contributed by atoms with E-state index >= 15 is 0 Å². The second kappa shape index (κ2) is 5.07. The summed E-state index contributed by atoms with van der Waals surface area (Å²) in [6.45, 7) is -0.687. The standard InChI is InChI=1S/C11H15N5O5/c12-11-14-8-6(9(20)15-11)13-3-16(8)10-7(19)4(1-17)5(2-18)21-10/h3-5,7,10,17-19H,1-2H2,(H3,12,14,15,20)/t4-,5-,7-,10-/m0/s1. The van der Waals surface area contributed by atoms with Crippen molar-refractivity contribution in [3.63, 3.8) is 0 Å². The quantitative estimate of drug-likeness (QED) is 0.417. The Labute approximate surface area is 117 Å². The van der Waals surface area contributed by atoms with Gasteiger partial charge in [0.25, 0.3) is 5.56 Å². The number of H-pyrrole nitrogens is 1. The van der Waals surface area contributed by atoms with E-state index < -0.39 is 29.9 Å². The lowest BCUT2D eigenvalue weighted by Gasteiger charge is -2.17. The monoisotopic (exact) mass is 297 g/mol. The van der Waals surface area contributed by atoms with Gasteiger partial charge in [-0.1, -0.05) is 0 Å². The van der Waals surface area contributed by atoms with Crippen LogP contribution < -0.4 is 11.3 Å². The Hall–Kier alpha value is -2.01. The molecule has 1 saturated heterocycles. The number of aliphatic hydroxyl groups excluding tert-OH is 3. The largest absolute Gasteiger partial charge is 0.396 e. The molecule has 0 unspecified atom stereocenters. The number of nitrogens with one attached hydrogen (secondary N) is 1. The van der Waals surface area contributed by atoms with E-state index in [1.54, 1.807) is 0 Å². The van der Waals surface area contributed by atoms with Crippen molar-refractivity contribution in [1.82, 2.24) is 19.5 Å². The Morgan fingerprint density at radius 2 is 2.19 bits per heavy atom. The third-order valence-electron chi connectivity index (χ3n) is 3.64. The number of aromatic nitrogens is 4. The molecule has 0 bridgehead atoms. The van der Waals surface area contributed by atoms with Gasteiger partial charge in [-0.2, -0.15) is 4.98 Å². The van der Waals surface area contributed by atoms with E-state index in [1.807, 2.05) is 0 Å². The van der Waals surface area contributed by atoms with Gasteiger partial charge in [-0.3, -0.25) is 14.3 Å². The molecule has 21 heavy (non-hydrogen) atoms. The van der Waals surface area contributed by atoms with E-state index in [2.05, 4.69) is 15.0 Å². The highest BCUT2D eigenvalue weighted by Gasteiger charge is 2.44. The molecule has 10 heteroatoms. The number of aromatic amines is 1. The molecule has 4 atom stereocenters. The lowest BCUT2D eigenvalue weighted by molar-refractivity contribution is -0.0496. The molecule has 0 aromatic carbocycles. The summed E-state index contributed by atoms with van der Waals surface area (Å²) < 4.78 is 6.89. The Morgan fingerprint density at radius 1 is 1.43 bits per heavy atom. The third-order valence-corrected chi connectivity index (χ3v) is 3.64. The fourth-order valence-corrected chi connectivity index (χ4v) is 2.56. The number of anilines is 1. The van der Waals surface area contributed by atoms with Crippen molar-refractivity contribution in [2.45, 2.75) is 18.4 Å². The fraction of sp³-hybridized carbons (Fsp3) is 0.545. The number of fused-ring (bicyclic) bond motifs is 1. The molecule has 114 valence electrons. The van der Waals surface area contributed by atoms with E-state index in [0.29, 0.717) is 0 Å². The number of nitrogen functional groups attached to an aromatic ring is 1. The maximum atomic E-state index is 11.7. The summed E-state index contributed by atoms with van der Waals surface area (Å²) in [6, 6.07) is 0. The summed E-state index contributed by atoms with van der Waals surface area (Å²) in [6.07, 6.45) is -1.41. The van der Waals surface area contributed by atoms with Crippen molar-refractivity contribution in [3.8, 4) is 0 Å². The summed E-state index contributed by atoms with van der Waals surface area (Å²) in [5.74, 6) is -0.726. The van der Waals surface area contributed by atoms with Crippen molar-refractivity contribution in [1.29, 1.82) is 0 Å². The van der Waals surface area contributed by atoms with Crippen molar-refractivity contribution in [2.75, 3.05) is 18.9 Å². The molecule has 6 N–H and O–H groups in total. The molecule has 0 aliphatic carbocycles. The second-order valence-electron chi connectivity index (χ2n) is 4.86. The van der Waals surface area contributed by atoms with E-state index in [0.717, 1.165) is 0 Å². The Balaban J connectivity index is 2.07. The van der Waals surface area contributed by atoms with Gasteiger partial charge in [0.15, 0.2) is 17.4 Å². The van der Waals surface area contributed by atoms with Crippen LogP contribution in [0.5, 0.6) is 0 Å². The van der Waals surface area contributed by atoms with E-state index in [-0.39, 0.29) is 30.3 Å². The lowest BCUT2D eigenvalue weighted by Crippen LogP contribution is -2.30. The second-order valence-corrected chi connectivity index (χ2v) is 4.86. The maximum absolute atomic E-state index is 11.7. The van der Waals surface area contributed by atoms with Crippen LogP contribution in [0.15, 0.2) is 11.1 Å². The molecule has 0 saturated carbocycles. The number of nitrogens with two attached hydrogens (primary N) is 1. The first-order chi connectivity index (χ1) is 10.1. The van der Waals surface area contributed by atoms with E-state index in [1.165, 1.54) is 10.9 Å². The van der Waals surface area contributed by atoms with Gasteiger partial charge in [-0.15, -0.1) is 0 Å². The third kappa shape index (κ3) is 2.08. The molecule has 2 aromatic rings. The Kier molecular flexibility index (Phi) is 3.37. The van der Waals surface area contributed by atoms with E-state index in [4.69, 9.17) is 10.5 Å². The Bertz CT molecular complexity index is 713. The Morgan fingerprint density at radius 3 is 2.81 bits per heavy atom. The van der Waals surface area contributed by atoms with Crippen molar-refractivity contribution >= 4 is 17.1 Å². The zero-order valence-corrected chi connectivity index (χ0v) is 10.9. The SMILES string of the molecule is Nc1nc2c(ncn2[C@H]2O[C@@H](CO)[C@H](CO)[C@@H]2O)c(=O)[nH]1. The van der Waals surface area contributed by atoms with Crippen LogP contribution in [0.2, 0.25) is 0 Å². The molecule has 0 amide bonds. The van der Waals surface area contributed by atoms with Crippen LogP contribution in [0.3, 0.4) is 0 Å². The number of ether oxygens (including phenoxy) is 1. The van der Waals surface area contributed by atoms with Crippen LogP contribution in [0, 0.1) is 5.92 Å². The van der Waals surface area contributed by atoms with Crippen LogP contribution in [0.1, 0.15) is 6.23 Å². The molecule has 1 aliphatic heterocycles. The predicted molar refractivity (Wildman–Crippen MR) is 70.1 cm³/mol. The van der Waals surface area contributed by atoms with Gasteiger partial charge in [0.1, 0.15) is 6.10 Å². The van der Waals surface area contributed by atoms with E-state index in [9.17, 15) is 20.1 Å². The molecular formula is C11H15N5O5. The minimum atomic E-state index is -1.08. The molecule has 2 aromatic heterocycles. The molecule has 3 heterocycles. The van der Waals surface area contributed by atoms with Gasteiger partial charge in [0.2, 0.25) is 5.95 Å². The van der Waals surface area contributed by atoms with Crippen LogP contribution in [0.25, 0.3) is 11.2 Å². The van der Waals surface area contributed by atoms with Crippen LogP contribution >= 0.6 is 0 Å². The summed E-state index contributed by atoms with van der Waals surface area (Å²) >= 11 is 0. The number of rotatable bonds is 3. The van der Waals surface area contributed by atoms with Crippen molar-refractivity contribution in [3.05, 3.63) is 16.7 Å². The van der Waals surface area contributed by atoms with Gasteiger partial charge in [0.05, 0.1) is 25.6 Å². The molecule has 1 fully saturated rings. The molecule has 10 nitrogen and oxygen atoms in total. The van der Waals surface area contributed by atoms with Gasteiger partial charge < -0.3 is 25.8 Å². The van der Waals surface area contributed by atoms with Crippen LogP contribution in [-0.4, -0.2) is 60.3 Å². The number of hydrogen-bond donors (Lipinski definition) is 5. The molecule has 3 rings (SSSR count). The minimum absolute atomic E-state index is 0.0630. The van der Waals surface area contributed by atoms with Crippen LogP contribution in [-0.2, 0) is 4.74 Å². The van der Waals surface area contributed by atoms with Gasteiger partial charge >= 0.3 is 0 Å². The van der Waals surface area contributed by atoms with Gasteiger partial charge in [-0.05, 0) is 0 Å². The fourth-order valence-electron chi connectivity index (χ4n) is 2.56. The number of nitrogens with zero attached hydrogens (tertiary/aromatic N) is 3. The normalized spacial score (nSPS) is 29.3. The maximum Gasteiger partial charge on any atom is 0.280 e. The summed E-state index contributed by atoms with van der Waals surface area (Å²) in [5.41, 5.74) is 5.23. The van der Waals surface area contributed by atoms with Gasteiger partial charge in [-0.25, -0.2) is 4.98 Å². The molecule has 1 aliphatic rings. The number of imidazole rings is 1. The predicted octanol–water partition coefficient (Wildman–Crippen LogP) is -2.44. The summed E-state index contributed by atoms with van der Waals surface area (Å²) in [7, 11) is 0. The summed E-state index contributed by atoms with van der Waals surface area (Å²) in [5, 5.41) is 28.8. The average Bonchev–Trinajstić information content (AvgIpc) is 2.99. The highest BCUT2D eigenvalue weighted by atomic mass is 16.5. The first kappa shape index (κ1) is 13.9. The first-order valence-electron chi connectivity index (χ1n) is 6.34. The highest BCUT2D eigenvalue weighted by molar-refractivity contribution is 5.70. The lowest BCUT2D eigenvalue weighted by atomic mass is 9.99. The molecule has 0 spiro atoms. The smallest absolute Gasteiger partial charge is 0.280 e. The number of aliphatic hydroxyl groups is 3. The zero-order valence-electron chi connectivity index (χ0n) is 10.9. The average molecular weight is 297 g/mol. The summed E-state index contributed by atoms with van der Waals surface area (Å²) in [4.78, 5) is 21.9. The topological polar surface area (TPSA) is 160 Å². The van der Waals surface area contributed by atoms with Gasteiger partial charge in [0, 0.05) is 5.92 Å². The zero-order chi connectivity index (χ0) is 15.1. The minimum Gasteiger partial charge on any atom is -0.396 e.